The van der Waals surface area contributed by atoms with Crippen LogP contribution in [0.2, 0.25) is 0 Å². The van der Waals surface area contributed by atoms with E-state index in [2.05, 4.69) is 21.2 Å². The normalized spacial score (nSPS) is 11.9. The molecule has 17 heavy (non-hydrogen) atoms. The summed E-state index contributed by atoms with van der Waals surface area (Å²) in [7, 11) is 0. The number of carbonyl (C=O) groups is 2. The molecule has 0 aliphatic rings. The molecule has 0 aromatic heterocycles. The van der Waals surface area contributed by atoms with Crippen molar-refractivity contribution in [3.05, 3.63) is 28.2 Å². The average Bonchev–Trinajstić information content (AvgIpc) is 2.28. The minimum absolute atomic E-state index is 0.295. The van der Waals surface area contributed by atoms with Crippen LogP contribution in [0.5, 0.6) is 0 Å². The molecule has 6 nitrogen and oxygen atoms in total. The quantitative estimate of drug-likeness (QED) is 0.594. The number of halogens is 1. The lowest BCUT2D eigenvalue weighted by Crippen LogP contribution is -2.36. The van der Waals surface area contributed by atoms with Gasteiger partial charge >= 0.3 is 5.97 Å². The van der Waals surface area contributed by atoms with E-state index in [1.807, 2.05) is 0 Å². The molecule has 0 aliphatic heterocycles. The monoisotopic (exact) mass is 302 g/mol. The summed E-state index contributed by atoms with van der Waals surface area (Å²) in [6.45, 7) is -0.357. The maximum atomic E-state index is 11.5. The highest BCUT2D eigenvalue weighted by Gasteiger charge is 2.15. The molecular formula is C10H11BrN2O4. The van der Waals surface area contributed by atoms with E-state index in [-0.39, 0.29) is 6.54 Å². The van der Waals surface area contributed by atoms with E-state index >= 15 is 0 Å². The Labute approximate surface area is 106 Å². The molecule has 0 saturated heterocycles. The minimum Gasteiger partial charge on any atom is -0.479 e. The average molecular weight is 303 g/mol. The molecule has 1 aromatic rings. The van der Waals surface area contributed by atoms with Crippen LogP contribution in [0.4, 0.5) is 5.69 Å². The number of anilines is 1. The van der Waals surface area contributed by atoms with Crippen LogP contribution in [-0.4, -0.2) is 34.7 Å². The number of carbonyl (C=O) groups excluding carboxylic acids is 1. The number of amides is 1. The summed E-state index contributed by atoms with van der Waals surface area (Å²) >= 11 is 3.19. The molecule has 0 fully saturated rings. The van der Waals surface area contributed by atoms with E-state index in [1.165, 1.54) is 12.1 Å². The van der Waals surface area contributed by atoms with Crippen molar-refractivity contribution >= 4 is 33.5 Å². The van der Waals surface area contributed by atoms with E-state index in [0.29, 0.717) is 15.7 Å². The maximum absolute atomic E-state index is 11.5. The highest BCUT2D eigenvalue weighted by Crippen LogP contribution is 2.19. The first-order valence-electron chi connectivity index (χ1n) is 4.66. The molecule has 0 saturated carbocycles. The van der Waals surface area contributed by atoms with Gasteiger partial charge in [-0.3, -0.25) is 4.79 Å². The highest BCUT2D eigenvalue weighted by atomic mass is 79.9. The Morgan fingerprint density at radius 2 is 2.12 bits per heavy atom. The highest BCUT2D eigenvalue weighted by molar-refractivity contribution is 9.10. The Hall–Kier alpha value is -1.60. The third-order valence-corrected chi connectivity index (χ3v) is 2.72. The maximum Gasteiger partial charge on any atom is 0.334 e. The predicted molar refractivity (Wildman–Crippen MR) is 64.5 cm³/mol. The summed E-state index contributed by atoms with van der Waals surface area (Å²) in [4.78, 5) is 21.9. The van der Waals surface area contributed by atoms with Gasteiger partial charge < -0.3 is 21.3 Å². The summed E-state index contributed by atoms with van der Waals surface area (Å²) < 4.78 is 0.666. The van der Waals surface area contributed by atoms with Crippen molar-refractivity contribution in [1.82, 2.24) is 5.32 Å². The fourth-order valence-electron chi connectivity index (χ4n) is 1.06. The number of nitrogens with one attached hydrogen (secondary N) is 1. The van der Waals surface area contributed by atoms with Crippen LogP contribution < -0.4 is 11.1 Å². The van der Waals surface area contributed by atoms with E-state index < -0.39 is 18.0 Å². The zero-order valence-electron chi connectivity index (χ0n) is 8.68. The molecule has 0 unspecified atom stereocenters. The Balaban J connectivity index is 2.64. The largest absolute Gasteiger partial charge is 0.479 e. The molecule has 0 heterocycles. The molecule has 7 heteroatoms. The van der Waals surface area contributed by atoms with E-state index in [4.69, 9.17) is 15.9 Å². The number of nitrogen functional groups attached to an aromatic ring is 1. The number of rotatable bonds is 4. The van der Waals surface area contributed by atoms with Gasteiger partial charge in [0.25, 0.3) is 5.91 Å². The number of hydrogen-bond donors (Lipinski definition) is 4. The summed E-state index contributed by atoms with van der Waals surface area (Å²) in [5.41, 5.74) is 6.29. The second kappa shape index (κ2) is 5.65. The van der Waals surface area contributed by atoms with Gasteiger partial charge in [0, 0.05) is 15.7 Å². The smallest absolute Gasteiger partial charge is 0.334 e. The van der Waals surface area contributed by atoms with E-state index in [0.717, 1.165) is 0 Å². The number of benzene rings is 1. The third kappa shape index (κ3) is 3.72. The van der Waals surface area contributed by atoms with Gasteiger partial charge in [-0.2, -0.15) is 0 Å². The molecule has 1 amide bonds. The molecule has 0 aliphatic carbocycles. The van der Waals surface area contributed by atoms with Gasteiger partial charge in [0.15, 0.2) is 6.10 Å². The first kappa shape index (κ1) is 13.5. The number of hydrogen-bond acceptors (Lipinski definition) is 4. The lowest BCUT2D eigenvalue weighted by molar-refractivity contribution is -0.146. The third-order valence-electron chi connectivity index (χ3n) is 2.00. The molecule has 0 spiro atoms. The number of carboxylic acids is 1. The van der Waals surface area contributed by atoms with Crippen molar-refractivity contribution in [2.75, 3.05) is 12.3 Å². The van der Waals surface area contributed by atoms with Crippen molar-refractivity contribution in [2.24, 2.45) is 0 Å². The summed E-state index contributed by atoms with van der Waals surface area (Å²) in [5.74, 6) is -1.88. The molecular weight excluding hydrogens is 292 g/mol. The van der Waals surface area contributed by atoms with Crippen molar-refractivity contribution in [1.29, 1.82) is 0 Å². The molecule has 0 radical (unpaired) electrons. The van der Waals surface area contributed by atoms with Gasteiger partial charge in [-0.05, 0) is 34.1 Å². The van der Waals surface area contributed by atoms with E-state index in [1.54, 1.807) is 6.07 Å². The van der Waals surface area contributed by atoms with Gasteiger partial charge in [-0.15, -0.1) is 0 Å². The summed E-state index contributed by atoms with van der Waals surface area (Å²) in [6, 6.07) is 4.59. The van der Waals surface area contributed by atoms with Crippen LogP contribution >= 0.6 is 15.9 Å². The van der Waals surface area contributed by atoms with Gasteiger partial charge in [-0.1, -0.05) is 0 Å². The predicted octanol–water partition coefficient (Wildman–Crippen LogP) is 0.207. The lowest BCUT2D eigenvalue weighted by atomic mass is 10.2. The molecule has 1 aromatic carbocycles. The van der Waals surface area contributed by atoms with Gasteiger partial charge in [0.05, 0.1) is 6.54 Å². The van der Waals surface area contributed by atoms with Crippen LogP contribution in [-0.2, 0) is 4.79 Å². The SMILES string of the molecule is Nc1cc(C(=O)NC[C@H](O)C(=O)O)ccc1Br. The number of carboxylic acid groups (broad SMARTS) is 1. The van der Waals surface area contributed by atoms with Crippen LogP contribution in [0.1, 0.15) is 10.4 Å². The second-order valence-electron chi connectivity index (χ2n) is 3.30. The molecule has 92 valence electrons. The molecule has 5 N–H and O–H groups in total. The van der Waals surface area contributed by atoms with Crippen molar-refractivity contribution < 1.29 is 19.8 Å². The number of aliphatic hydroxyl groups excluding tert-OH is 1. The number of nitrogens with two attached hydrogens (primary N) is 1. The summed E-state index contributed by atoms with van der Waals surface area (Å²) in [6.07, 6.45) is -1.62. The topological polar surface area (TPSA) is 113 Å². The standard InChI is InChI=1S/C10H11BrN2O4/c11-6-2-1-5(3-7(6)12)9(15)13-4-8(14)10(16)17/h1-3,8,14H,4,12H2,(H,13,15)(H,16,17)/t8-/m0/s1. The van der Waals surface area contributed by atoms with Crippen molar-refractivity contribution in [3.63, 3.8) is 0 Å². The molecule has 1 rings (SSSR count). The van der Waals surface area contributed by atoms with Crippen LogP contribution in [0.25, 0.3) is 0 Å². The first-order valence-corrected chi connectivity index (χ1v) is 5.45. The van der Waals surface area contributed by atoms with E-state index in [9.17, 15) is 9.59 Å². The number of aliphatic carboxylic acids is 1. The summed E-state index contributed by atoms with van der Waals surface area (Å²) in [5, 5.41) is 19.7. The Bertz CT molecular complexity index is 450. The Morgan fingerprint density at radius 3 is 2.65 bits per heavy atom. The minimum atomic E-state index is -1.62. The number of aliphatic hydroxyl groups is 1. The van der Waals surface area contributed by atoms with Gasteiger partial charge in [-0.25, -0.2) is 4.79 Å². The molecule has 1 atom stereocenters. The van der Waals surface area contributed by atoms with Crippen molar-refractivity contribution in [3.8, 4) is 0 Å². The fraction of sp³-hybridized carbons (Fsp3) is 0.200. The van der Waals surface area contributed by atoms with Crippen LogP contribution in [0.15, 0.2) is 22.7 Å². The first-order chi connectivity index (χ1) is 7.91. The lowest BCUT2D eigenvalue weighted by Gasteiger charge is -2.08. The Kier molecular flexibility index (Phi) is 4.47. The van der Waals surface area contributed by atoms with Crippen LogP contribution in [0.3, 0.4) is 0 Å². The zero-order chi connectivity index (χ0) is 13.0. The van der Waals surface area contributed by atoms with Crippen LogP contribution in [0, 0.1) is 0 Å². The van der Waals surface area contributed by atoms with Crippen molar-refractivity contribution in [2.45, 2.75) is 6.10 Å². The van der Waals surface area contributed by atoms with Gasteiger partial charge in [0.2, 0.25) is 0 Å². The second-order valence-corrected chi connectivity index (χ2v) is 4.15. The van der Waals surface area contributed by atoms with Gasteiger partial charge in [0.1, 0.15) is 0 Å². The molecule has 0 bridgehead atoms. The Morgan fingerprint density at radius 1 is 1.47 bits per heavy atom. The zero-order valence-corrected chi connectivity index (χ0v) is 10.3. The fourth-order valence-corrected chi connectivity index (χ4v) is 1.31.